The molecule has 2 aromatic rings. The highest BCUT2D eigenvalue weighted by atomic mass is 32.2. The van der Waals surface area contributed by atoms with Crippen molar-refractivity contribution in [2.45, 2.75) is 13.8 Å². The highest BCUT2D eigenvalue weighted by Crippen LogP contribution is 2.28. The number of rotatable bonds is 4. The summed E-state index contributed by atoms with van der Waals surface area (Å²) in [6, 6.07) is 19.8. The largest absolute Gasteiger partial charge is 0.249 e. The summed E-state index contributed by atoms with van der Waals surface area (Å²) in [4.78, 5) is 1.70. The third-order valence-corrected chi connectivity index (χ3v) is 4.78. The van der Waals surface area contributed by atoms with Gasteiger partial charge in [0.25, 0.3) is 0 Å². The molecule has 0 heterocycles. The Morgan fingerprint density at radius 1 is 0.750 bits per heavy atom. The van der Waals surface area contributed by atoms with Crippen molar-refractivity contribution in [2.24, 2.45) is 0 Å². The summed E-state index contributed by atoms with van der Waals surface area (Å²) in [5.41, 5.74) is 2.01. The van der Waals surface area contributed by atoms with Crippen molar-refractivity contribution in [3.8, 4) is 0 Å². The Hall–Kier alpha value is -1.93. The first-order chi connectivity index (χ1) is 9.77. The van der Waals surface area contributed by atoms with Gasteiger partial charge in [0.15, 0.2) is 0 Å². The van der Waals surface area contributed by atoms with Gasteiger partial charge >= 0.3 is 0 Å². The van der Waals surface area contributed by atoms with E-state index in [4.69, 9.17) is 0 Å². The van der Waals surface area contributed by atoms with Crippen LogP contribution in [0.3, 0.4) is 0 Å². The van der Waals surface area contributed by atoms with Gasteiger partial charge < -0.3 is 0 Å². The van der Waals surface area contributed by atoms with Crippen molar-refractivity contribution in [1.82, 2.24) is 0 Å². The van der Waals surface area contributed by atoms with E-state index in [1.807, 2.05) is 86.7 Å². The fourth-order valence-corrected chi connectivity index (χ4v) is 3.45. The van der Waals surface area contributed by atoms with Gasteiger partial charge in [0, 0.05) is 9.81 Å². The van der Waals surface area contributed by atoms with Gasteiger partial charge in [-0.3, -0.25) is 0 Å². The number of benzene rings is 2. The molecule has 0 amide bonds. The zero-order valence-electron chi connectivity index (χ0n) is 11.7. The van der Waals surface area contributed by atoms with Crippen LogP contribution in [-0.2, 0) is 10.8 Å². The third-order valence-electron chi connectivity index (χ3n) is 3.04. The van der Waals surface area contributed by atoms with Crippen LogP contribution in [0.15, 0.2) is 72.8 Å². The molecule has 0 aromatic heterocycles. The van der Waals surface area contributed by atoms with E-state index >= 15 is 0 Å². The van der Waals surface area contributed by atoms with Crippen LogP contribution in [0.5, 0.6) is 0 Å². The first-order valence-corrected chi connectivity index (χ1v) is 7.78. The van der Waals surface area contributed by atoms with E-state index in [0.29, 0.717) is 0 Å². The fourth-order valence-electron chi connectivity index (χ4n) is 2.08. The molecule has 0 fully saturated rings. The van der Waals surface area contributed by atoms with Crippen molar-refractivity contribution in [1.29, 1.82) is 0 Å². The Kier molecular flexibility index (Phi) is 5.08. The van der Waals surface area contributed by atoms with Gasteiger partial charge in [-0.05, 0) is 25.0 Å². The lowest BCUT2D eigenvalue weighted by molar-refractivity contribution is 0.694. The Bertz CT molecular complexity index is 582. The minimum atomic E-state index is -1.18. The summed E-state index contributed by atoms with van der Waals surface area (Å²) in [5, 5.41) is 0. The molecule has 0 unspecified atom stereocenters. The molecule has 2 aromatic carbocycles. The first kappa shape index (κ1) is 14.5. The van der Waals surface area contributed by atoms with Crippen LogP contribution in [0.2, 0.25) is 0 Å². The Labute approximate surface area is 123 Å². The molecule has 0 spiro atoms. The summed E-state index contributed by atoms with van der Waals surface area (Å²) in [6.07, 6.45) is 3.86. The smallest absolute Gasteiger partial charge is 0.0855 e. The van der Waals surface area contributed by atoms with Crippen LogP contribution in [0.25, 0.3) is 9.81 Å². The van der Waals surface area contributed by atoms with E-state index in [-0.39, 0.29) is 0 Å². The van der Waals surface area contributed by atoms with Gasteiger partial charge in [-0.1, -0.05) is 72.8 Å². The van der Waals surface area contributed by atoms with E-state index in [2.05, 4.69) is 0 Å². The standard InChI is InChI=1S/C18H18OS/c1-3-17(15-11-7-5-8-12-15)20(19)18(4-2)16-13-9-6-10-14-16/h3-14H,1-2H3. The maximum absolute atomic E-state index is 12.9. The maximum atomic E-state index is 12.9. The summed E-state index contributed by atoms with van der Waals surface area (Å²) < 4.78 is 12.9. The second-order valence-electron chi connectivity index (χ2n) is 4.31. The molecule has 0 aliphatic heterocycles. The normalized spacial score (nSPS) is 14.1. The van der Waals surface area contributed by atoms with Gasteiger partial charge in [0.2, 0.25) is 0 Å². The van der Waals surface area contributed by atoms with E-state index in [1.165, 1.54) is 0 Å². The second-order valence-corrected chi connectivity index (χ2v) is 5.72. The van der Waals surface area contributed by atoms with Gasteiger partial charge in [-0.15, -0.1) is 0 Å². The van der Waals surface area contributed by atoms with E-state index in [1.54, 1.807) is 0 Å². The lowest BCUT2D eigenvalue weighted by Gasteiger charge is -2.11. The molecular weight excluding hydrogens is 264 g/mol. The van der Waals surface area contributed by atoms with E-state index in [0.717, 1.165) is 20.9 Å². The first-order valence-electron chi connectivity index (χ1n) is 6.63. The van der Waals surface area contributed by atoms with Crippen LogP contribution in [0, 0.1) is 0 Å². The predicted octanol–water partition coefficient (Wildman–Crippen LogP) is 4.86. The van der Waals surface area contributed by atoms with Crippen LogP contribution in [0.1, 0.15) is 25.0 Å². The fraction of sp³-hybridized carbons (Fsp3) is 0.111. The molecular formula is C18H18OS. The quantitative estimate of drug-likeness (QED) is 0.783. The SMILES string of the molecule is CC=C(c1ccccc1)S(=O)C(=CC)c1ccccc1. The summed E-state index contributed by atoms with van der Waals surface area (Å²) in [6.45, 7) is 3.86. The summed E-state index contributed by atoms with van der Waals surface area (Å²) in [7, 11) is -1.18. The zero-order valence-corrected chi connectivity index (χ0v) is 12.6. The Morgan fingerprint density at radius 2 is 1.10 bits per heavy atom. The average molecular weight is 282 g/mol. The molecule has 20 heavy (non-hydrogen) atoms. The van der Waals surface area contributed by atoms with E-state index < -0.39 is 10.8 Å². The molecule has 0 aliphatic rings. The van der Waals surface area contributed by atoms with Crippen molar-refractivity contribution < 1.29 is 4.21 Å². The zero-order chi connectivity index (χ0) is 14.4. The van der Waals surface area contributed by atoms with Crippen molar-refractivity contribution in [3.05, 3.63) is 83.9 Å². The number of hydrogen-bond acceptors (Lipinski definition) is 1. The Morgan fingerprint density at radius 3 is 1.40 bits per heavy atom. The maximum Gasteiger partial charge on any atom is 0.0855 e. The van der Waals surface area contributed by atoms with E-state index in [9.17, 15) is 4.21 Å². The summed E-state index contributed by atoms with van der Waals surface area (Å²) in [5.74, 6) is 0. The monoisotopic (exact) mass is 282 g/mol. The molecule has 2 rings (SSSR count). The minimum absolute atomic E-state index is 0.850. The lowest BCUT2D eigenvalue weighted by Crippen LogP contribution is -1.98. The molecule has 1 nitrogen and oxygen atoms in total. The summed E-state index contributed by atoms with van der Waals surface area (Å²) >= 11 is 0. The topological polar surface area (TPSA) is 17.1 Å². The van der Waals surface area contributed by atoms with Crippen molar-refractivity contribution >= 4 is 20.6 Å². The number of allylic oxidation sites excluding steroid dienone is 2. The second kappa shape index (κ2) is 7.01. The molecule has 2 heteroatoms. The van der Waals surface area contributed by atoms with Crippen LogP contribution < -0.4 is 0 Å². The molecule has 0 saturated heterocycles. The van der Waals surface area contributed by atoms with Crippen LogP contribution in [-0.4, -0.2) is 4.21 Å². The van der Waals surface area contributed by atoms with Gasteiger partial charge in [0.1, 0.15) is 0 Å². The van der Waals surface area contributed by atoms with Crippen molar-refractivity contribution in [2.75, 3.05) is 0 Å². The van der Waals surface area contributed by atoms with Gasteiger partial charge in [0.05, 0.1) is 10.8 Å². The molecule has 0 radical (unpaired) electrons. The molecule has 0 atom stereocenters. The Balaban J connectivity index is 2.39. The van der Waals surface area contributed by atoms with Gasteiger partial charge in [-0.25, -0.2) is 4.21 Å². The molecule has 102 valence electrons. The highest BCUT2D eigenvalue weighted by molar-refractivity contribution is 8.03. The molecule has 0 saturated carbocycles. The lowest BCUT2D eigenvalue weighted by atomic mass is 10.2. The van der Waals surface area contributed by atoms with Crippen LogP contribution in [0.4, 0.5) is 0 Å². The van der Waals surface area contributed by atoms with Gasteiger partial charge in [-0.2, -0.15) is 0 Å². The van der Waals surface area contributed by atoms with Crippen molar-refractivity contribution in [3.63, 3.8) is 0 Å². The third kappa shape index (κ3) is 3.14. The highest BCUT2D eigenvalue weighted by Gasteiger charge is 2.15. The minimum Gasteiger partial charge on any atom is -0.249 e. The molecule has 0 aliphatic carbocycles. The average Bonchev–Trinajstić information content (AvgIpc) is 2.51. The molecule has 0 N–H and O–H groups in total. The van der Waals surface area contributed by atoms with Crippen LogP contribution >= 0.6 is 0 Å². The number of hydrogen-bond donors (Lipinski definition) is 0. The molecule has 0 bridgehead atoms. The predicted molar refractivity (Wildman–Crippen MR) is 88.3 cm³/mol.